The molecule has 0 amide bonds. The summed E-state index contributed by atoms with van der Waals surface area (Å²) in [5.74, 6) is -0.463. The zero-order valence-electron chi connectivity index (χ0n) is 14.8. The third-order valence-electron chi connectivity index (χ3n) is 5.18. The average molecular weight is 417 g/mol. The Morgan fingerprint density at radius 1 is 1.07 bits per heavy atom. The predicted octanol–water partition coefficient (Wildman–Crippen LogP) is -3.62. The number of nitrogens with two attached hydrogens (primary N) is 1. The van der Waals surface area contributed by atoms with E-state index in [1.54, 1.807) is 0 Å². The third kappa shape index (κ3) is 2.92. The van der Waals surface area contributed by atoms with Crippen LogP contribution < -0.4 is 11.3 Å². The van der Waals surface area contributed by atoms with Gasteiger partial charge in [-0.25, -0.2) is 13.9 Å². The lowest BCUT2D eigenvalue weighted by Gasteiger charge is -2.19. The van der Waals surface area contributed by atoms with Crippen molar-refractivity contribution in [2.75, 3.05) is 18.9 Å². The summed E-state index contributed by atoms with van der Waals surface area (Å²) in [4.78, 5) is 20.8. The molecule has 13 nitrogen and oxygen atoms in total. The molecule has 0 aliphatic carbocycles. The van der Waals surface area contributed by atoms with Crippen LogP contribution in [0.1, 0.15) is 12.5 Å². The molecule has 0 aromatic carbocycles. The van der Waals surface area contributed by atoms with Gasteiger partial charge in [-0.3, -0.25) is 9.36 Å². The maximum absolute atomic E-state index is 14.4. The molecule has 2 unspecified atom stereocenters. The molecule has 4 rings (SSSR count). The summed E-state index contributed by atoms with van der Waals surface area (Å²) in [6.45, 7) is -1.21. The minimum Gasteiger partial charge on any atom is -0.394 e. The van der Waals surface area contributed by atoms with Crippen molar-refractivity contribution in [3.8, 4) is 0 Å². The summed E-state index contributed by atoms with van der Waals surface area (Å²) >= 11 is 0. The van der Waals surface area contributed by atoms with Crippen molar-refractivity contribution in [2.24, 2.45) is 0 Å². The number of fused-ring (bicyclic) bond motifs is 1. The monoisotopic (exact) mass is 417 g/mol. The van der Waals surface area contributed by atoms with Gasteiger partial charge in [0.05, 0.1) is 19.5 Å². The van der Waals surface area contributed by atoms with E-state index in [2.05, 4.69) is 9.97 Å². The first-order valence-electron chi connectivity index (χ1n) is 8.75. The number of aromatic nitrogens is 4. The van der Waals surface area contributed by atoms with E-state index in [0.717, 1.165) is 10.9 Å². The van der Waals surface area contributed by atoms with Gasteiger partial charge in [0.25, 0.3) is 5.56 Å². The molecule has 2 aromatic rings. The molecule has 4 heterocycles. The van der Waals surface area contributed by atoms with Crippen molar-refractivity contribution < 1.29 is 39.4 Å². The lowest BCUT2D eigenvalue weighted by Crippen LogP contribution is -2.35. The number of ether oxygens (including phenoxy) is 2. The number of alkyl halides is 1. The molecule has 0 saturated carbocycles. The summed E-state index contributed by atoms with van der Waals surface area (Å²) < 4.78 is 26.9. The van der Waals surface area contributed by atoms with Crippen LogP contribution in [0.25, 0.3) is 11.2 Å². The van der Waals surface area contributed by atoms with Gasteiger partial charge in [-0.05, 0) is 0 Å². The van der Waals surface area contributed by atoms with Crippen molar-refractivity contribution in [3.63, 3.8) is 0 Å². The van der Waals surface area contributed by atoms with Gasteiger partial charge < -0.3 is 40.7 Å². The Hall–Kier alpha value is -2.20. The molecular formula is C15H20FN5O8. The normalized spacial score (nSPS) is 37.6. The Morgan fingerprint density at radius 3 is 2.28 bits per heavy atom. The largest absolute Gasteiger partial charge is 0.394 e. The first kappa shape index (κ1) is 20.1. The number of hydrogen-bond acceptors (Lipinski definition) is 11. The van der Waals surface area contributed by atoms with Crippen molar-refractivity contribution in [1.82, 2.24) is 19.1 Å². The predicted molar refractivity (Wildman–Crippen MR) is 91.1 cm³/mol. The number of hydrogen-bond donors (Lipinski definition) is 6. The first-order chi connectivity index (χ1) is 13.8. The summed E-state index contributed by atoms with van der Waals surface area (Å²) in [7, 11) is 0. The molecule has 2 fully saturated rings. The molecule has 14 heteroatoms. The van der Waals surface area contributed by atoms with Crippen molar-refractivity contribution in [3.05, 3.63) is 16.7 Å². The molecule has 2 saturated heterocycles. The first-order valence-corrected chi connectivity index (χ1v) is 8.75. The SMILES string of the molecule is Nc1nc2c(ncn2[C@@H]2O[C@H](CO)C(O)C2O)c(=O)n1[C@@H]1O[C@H](CO)[C@@H](O)[C@H]1F. The quantitative estimate of drug-likeness (QED) is 0.287. The van der Waals surface area contributed by atoms with Crippen molar-refractivity contribution >= 4 is 17.1 Å². The van der Waals surface area contributed by atoms with E-state index in [1.807, 2.05) is 0 Å². The summed E-state index contributed by atoms with van der Waals surface area (Å²) in [5, 5.41) is 48.3. The lowest BCUT2D eigenvalue weighted by atomic mass is 10.1. The average Bonchev–Trinajstić information content (AvgIpc) is 3.32. The lowest BCUT2D eigenvalue weighted by molar-refractivity contribution is -0.0513. The van der Waals surface area contributed by atoms with Crippen LogP contribution >= 0.6 is 0 Å². The van der Waals surface area contributed by atoms with Crippen LogP contribution in [-0.4, -0.2) is 94.5 Å². The molecular weight excluding hydrogens is 397 g/mol. The maximum atomic E-state index is 14.4. The van der Waals surface area contributed by atoms with E-state index in [1.165, 1.54) is 0 Å². The number of rotatable bonds is 4. The fourth-order valence-electron chi connectivity index (χ4n) is 3.60. The number of nitrogens with zero attached hydrogens (tertiary/aromatic N) is 4. The third-order valence-corrected chi connectivity index (χ3v) is 5.18. The van der Waals surface area contributed by atoms with Gasteiger partial charge in [0.1, 0.15) is 30.5 Å². The fraction of sp³-hybridized carbons (Fsp3) is 0.667. The molecule has 0 radical (unpaired) electrons. The molecule has 2 aliphatic heterocycles. The zero-order valence-corrected chi connectivity index (χ0v) is 14.8. The highest BCUT2D eigenvalue weighted by atomic mass is 19.1. The highest BCUT2D eigenvalue weighted by Crippen LogP contribution is 2.34. The van der Waals surface area contributed by atoms with Crippen LogP contribution in [0, 0.1) is 0 Å². The minimum absolute atomic E-state index is 0.105. The Labute approximate surface area is 161 Å². The van der Waals surface area contributed by atoms with E-state index < -0.39 is 73.9 Å². The molecule has 0 bridgehead atoms. The van der Waals surface area contributed by atoms with E-state index in [4.69, 9.17) is 20.3 Å². The van der Waals surface area contributed by atoms with Crippen LogP contribution in [0.3, 0.4) is 0 Å². The molecule has 160 valence electrons. The van der Waals surface area contributed by atoms with Crippen LogP contribution in [0.4, 0.5) is 10.3 Å². The van der Waals surface area contributed by atoms with E-state index in [9.17, 15) is 29.6 Å². The van der Waals surface area contributed by atoms with Gasteiger partial charge >= 0.3 is 0 Å². The zero-order chi connectivity index (χ0) is 21.0. The Kier molecular flexibility index (Phi) is 5.02. The van der Waals surface area contributed by atoms with Gasteiger partial charge in [-0.15, -0.1) is 0 Å². The number of imidazole rings is 1. The highest BCUT2D eigenvalue weighted by molar-refractivity contribution is 5.71. The molecule has 7 N–H and O–H groups in total. The molecule has 2 aromatic heterocycles. The number of nitrogen functional groups attached to an aromatic ring is 1. The standard InChI is InChI=1S/C15H20FN5O8/c16-6-8(24)4(1-22)28-13(6)21-12(27)7-11(19-15(21)17)20(3-18-7)14-10(26)9(25)5(2-23)29-14/h3-6,8-10,13-14,22-26H,1-2H2,(H2,17,19)/t4-,5-,6-,8-,9?,10?,13-,14-/m1/s1. The van der Waals surface area contributed by atoms with Gasteiger partial charge in [0.15, 0.2) is 29.8 Å². The van der Waals surface area contributed by atoms with Gasteiger partial charge in [-0.1, -0.05) is 0 Å². The minimum atomic E-state index is -2.05. The Morgan fingerprint density at radius 2 is 1.69 bits per heavy atom. The second kappa shape index (κ2) is 7.24. The van der Waals surface area contributed by atoms with E-state index in [-0.39, 0.29) is 11.2 Å². The van der Waals surface area contributed by atoms with Crippen LogP contribution in [0.5, 0.6) is 0 Å². The summed E-state index contributed by atoms with van der Waals surface area (Å²) in [6.07, 6.45) is -10.5. The Bertz CT molecular complexity index is 968. The van der Waals surface area contributed by atoms with Crippen LogP contribution in [0.15, 0.2) is 11.1 Å². The second-order valence-electron chi connectivity index (χ2n) is 6.88. The van der Waals surface area contributed by atoms with Gasteiger partial charge in [0.2, 0.25) is 5.95 Å². The maximum Gasteiger partial charge on any atom is 0.285 e. The molecule has 29 heavy (non-hydrogen) atoms. The summed E-state index contributed by atoms with van der Waals surface area (Å²) in [5.41, 5.74) is 4.59. The number of aliphatic hydroxyl groups is 5. The second-order valence-corrected chi connectivity index (χ2v) is 6.88. The Balaban J connectivity index is 1.76. The number of halogens is 1. The molecule has 2 aliphatic rings. The fourth-order valence-corrected chi connectivity index (χ4v) is 3.60. The van der Waals surface area contributed by atoms with Crippen molar-refractivity contribution in [2.45, 2.75) is 49.1 Å². The van der Waals surface area contributed by atoms with Crippen LogP contribution in [-0.2, 0) is 9.47 Å². The number of anilines is 1. The van der Waals surface area contributed by atoms with Gasteiger partial charge in [0, 0.05) is 0 Å². The number of aliphatic hydroxyl groups excluding tert-OH is 5. The van der Waals surface area contributed by atoms with Gasteiger partial charge in [-0.2, -0.15) is 4.98 Å². The van der Waals surface area contributed by atoms with Crippen LogP contribution in [0.2, 0.25) is 0 Å². The van der Waals surface area contributed by atoms with E-state index in [0.29, 0.717) is 4.57 Å². The smallest absolute Gasteiger partial charge is 0.285 e. The molecule has 0 spiro atoms. The van der Waals surface area contributed by atoms with Crippen molar-refractivity contribution in [1.29, 1.82) is 0 Å². The van der Waals surface area contributed by atoms with E-state index >= 15 is 0 Å². The summed E-state index contributed by atoms with van der Waals surface area (Å²) in [6, 6.07) is 0. The highest BCUT2D eigenvalue weighted by Gasteiger charge is 2.47. The molecule has 8 atom stereocenters. The topological polar surface area (TPSA) is 198 Å².